The van der Waals surface area contributed by atoms with Gasteiger partial charge in [0.15, 0.2) is 17.3 Å². The molecule has 1 fully saturated rings. The maximum atomic E-state index is 11.7. The summed E-state index contributed by atoms with van der Waals surface area (Å²) in [5.74, 6) is 3.38. The van der Waals surface area contributed by atoms with Gasteiger partial charge >= 0.3 is 0 Å². The Morgan fingerprint density at radius 1 is 1.11 bits per heavy atom. The lowest BCUT2D eigenvalue weighted by Crippen LogP contribution is -2.39. The molecule has 1 aromatic carbocycles. The van der Waals surface area contributed by atoms with Crippen molar-refractivity contribution in [2.45, 2.75) is 39.7 Å². The molecule has 0 amide bonds. The van der Waals surface area contributed by atoms with E-state index >= 15 is 0 Å². The fourth-order valence-corrected chi connectivity index (χ4v) is 3.84. The maximum Gasteiger partial charge on any atom is 0.165 e. The van der Waals surface area contributed by atoms with Crippen molar-refractivity contribution in [3.8, 4) is 17.2 Å². The summed E-state index contributed by atoms with van der Waals surface area (Å²) >= 11 is 0. The number of aryl methyl sites for hydroxylation is 2. The number of ketones is 1. The smallest absolute Gasteiger partial charge is 0.165 e. The highest BCUT2D eigenvalue weighted by atomic mass is 16.6. The molecule has 6 heteroatoms. The Morgan fingerprint density at radius 2 is 1.82 bits per heavy atom. The molecule has 0 radical (unpaired) electrons. The van der Waals surface area contributed by atoms with Gasteiger partial charge in [0, 0.05) is 37.6 Å². The second kappa shape index (κ2) is 7.70. The van der Waals surface area contributed by atoms with Crippen LogP contribution in [0.1, 0.15) is 41.4 Å². The maximum absolute atomic E-state index is 11.7. The van der Waals surface area contributed by atoms with Gasteiger partial charge in [-0.2, -0.15) is 0 Å². The van der Waals surface area contributed by atoms with Crippen LogP contribution in [-0.4, -0.2) is 43.2 Å². The van der Waals surface area contributed by atoms with Crippen molar-refractivity contribution >= 4 is 11.6 Å². The SMILES string of the molecule is CC(=O)c1cc(C)c(N2CCC(Oc3ccc4c(c3)OCCO4)CC2)nc1C. The van der Waals surface area contributed by atoms with Crippen LogP contribution in [0.15, 0.2) is 24.3 Å². The predicted molar refractivity (Wildman–Crippen MR) is 107 cm³/mol. The highest BCUT2D eigenvalue weighted by Gasteiger charge is 2.24. The van der Waals surface area contributed by atoms with Crippen molar-refractivity contribution in [3.63, 3.8) is 0 Å². The summed E-state index contributed by atoms with van der Waals surface area (Å²) in [6.45, 7) is 8.42. The number of pyridine rings is 1. The zero-order chi connectivity index (χ0) is 19.7. The largest absolute Gasteiger partial charge is 0.490 e. The summed E-state index contributed by atoms with van der Waals surface area (Å²) in [7, 11) is 0. The molecule has 0 spiro atoms. The number of ether oxygens (including phenoxy) is 3. The van der Waals surface area contributed by atoms with Gasteiger partial charge in [0.1, 0.15) is 30.9 Å². The van der Waals surface area contributed by atoms with Gasteiger partial charge < -0.3 is 19.1 Å². The molecule has 28 heavy (non-hydrogen) atoms. The average molecular weight is 382 g/mol. The lowest BCUT2D eigenvalue weighted by molar-refractivity contribution is 0.101. The first-order chi connectivity index (χ1) is 13.5. The number of anilines is 1. The fourth-order valence-electron chi connectivity index (χ4n) is 3.84. The van der Waals surface area contributed by atoms with Crippen LogP contribution in [0.5, 0.6) is 17.2 Å². The van der Waals surface area contributed by atoms with E-state index in [-0.39, 0.29) is 11.9 Å². The van der Waals surface area contributed by atoms with Gasteiger partial charge in [-0.1, -0.05) is 0 Å². The molecule has 6 nitrogen and oxygen atoms in total. The van der Waals surface area contributed by atoms with Crippen LogP contribution < -0.4 is 19.1 Å². The lowest BCUT2D eigenvalue weighted by Gasteiger charge is -2.34. The topological polar surface area (TPSA) is 60.9 Å². The lowest BCUT2D eigenvalue weighted by atomic mass is 10.0. The van der Waals surface area contributed by atoms with E-state index in [4.69, 9.17) is 19.2 Å². The molecule has 3 heterocycles. The summed E-state index contributed by atoms with van der Waals surface area (Å²) in [5.41, 5.74) is 2.54. The van der Waals surface area contributed by atoms with Gasteiger partial charge in [-0.05, 0) is 44.5 Å². The normalized spacial score (nSPS) is 16.8. The molecule has 2 aromatic rings. The van der Waals surface area contributed by atoms with Crippen LogP contribution in [0.2, 0.25) is 0 Å². The third kappa shape index (κ3) is 3.77. The number of piperidine rings is 1. The fraction of sp³-hybridized carbons (Fsp3) is 0.455. The first-order valence-corrected chi connectivity index (χ1v) is 9.81. The van der Waals surface area contributed by atoms with E-state index in [1.54, 1.807) is 6.92 Å². The van der Waals surface area contributed by atoms with Crippen LogP contribution in [0.3, 0.4) is 0 Å². The van der Waals surface area contributed by atoms with E-state index in [1.807, 2.05) is 38.1 Å². The summed E-state index contributed by atoms with van der Waals surface area (Å²) < 4.78 is 17.4. The molecule has 2 aliphatic rings. The number of Topliss-reactive ketones (excluding diaryl/α,β-unsaturated/α-hetero) is 1. The molecule has 0 unspecified atom stereocenters. The van der Waals surface area contributed by atoms with E-state index in [2.05, 4.69) is 4.90 Å². The van der Waals surface area contributed by atoms with Crippen LogP contribution in [0.4, 0.5) is 5.82 Å². The third-order valence-corrected chi connectivity index (χ3v) is 5.31. The Labute approximate surface area is 165 Å². The Kier molecular flexibility index (Phi) is 5.11. The quantitative estimate of drug-likeness (QED) is 0.751. The van der Waals surface area contributed by atoms with Crippen LogP contribution in [0, 0.1) is 13.8 Å². The number of hydrogen-bond acceptors (Lipinski definition) is 6. The van der Waals surface area contributed by atoms with Crippen LogP contribution in [-0.2, 0) is 0 Å². The number of nitrogens with zero attached hydrogens (tertiary/aromatic N) is 2. The molecule has 0 saturated carbocycles. The molecule has 148 valence electrons. The van der Waals surface area contributed by atoms with Crippen molar-refractivity contribution in [1.82, 2.24) is 4.98 Å². The minimum absolute atomic E-state index is 0.0613. The monoisotopic (exact) mass is 382 g/mol. The molecule has 1 saturated heterocycles. The number of hydrogen-bond donors (Lipinski definition) is 0. The zero-order valence-corrected chi connectivity index (χ0v) is 16.7. The first-order valence-electron chi connectivity index (χ1n) is 9.81. The summed E-state index contributed by atoms with van der Waals surface area (Å²) in [5, 5.41) is 0. The molecular weight excluding hydrogens is 356 g/mol. The van der Waals surface area contributed by atoms with Gasteiger partial charge in [0.25, 0.3) is 0 Å². The Morgan fingerprint density at radius 3 is 2.54 bits per heavy atom. The summed E-state index contributed by atoms with van der Waals surface area (Å²) in [6, 6.07) is 7.72. The van der Waals surface area contributed by atoms with Gasteiger partial charge in [-0.15, -0.1) is 0 Å². The van der Waals surface area contributed by atoms with E-state index in [1.165, 1.54) is 0 Å². The zero-order valence-electron chi connectivity index (χ0n) is 16.7. The minimum Gasteiger partial charge on any atom is -0.490 e. The van der Waals surface area contributed by atoms with E-state index in [9.17, 15) is 4.79 Å². The molecule has 4 rings (SSSR count). The Balaban J connectivity index is 1.40. The molecule has 0 N–H and O–H groups in total. The van der Waals surface area contributed by atoms with Crippen LogP contribution in [0.25, 0.3) is 0 Å². The standard InChI is InChI=1S/C22H26N2O4/c1-14-12-19(16(3)25)15(2)23-22(14)24-8-6-17(7-9-24)28-18-4-5-20-21(13-18)27-11-10-26-20/h4-5,12-13,17H,6-11H2,1-3H3. The van der Waals surface area contributed by atoms with Crippen molar-refractivity contribution < 1.29 is 19.0 Å². The number of rotatable bonds is 4. The molecular formula is C22H26N2O4. The second-order valence-electron chi connectivity index (χ2n) is 7.43. The molecule has 2 aliphatic heterocycles. The number of benzene rings is 1. The number of aromatic nitrogens is 1. The van der Waals surface area contributed by atoms with Gasteiger partial charge in [-0.3, -0.25) is 4.79 Å². The third-order valence-electron chi connectivity index (χ3n) is 5.31. The van der Waals surface area contributed by atoms with E-state index in [0.717, 1.165) is 60.3 Å². The van der Waals surface area contributed by atoms with Gasteiger partial charge in [-0.25, -0.2) is 4.98 Å². The molecule has 0 bridgehead atoms. The van der Waals surface area contributed by atoms with E-state index in [0.29, 0.717) is 18.8 Å². The van der Waals surface area contributed by atoms with Gasteiger partial charge in [0.05, 0.1) is 5.69 Å². The number of carbonyl (C=O) groups is 1. The molecule has 0 aliphatic carbocycles. The van der Waals surface area contributed by atoms with Crippen molar-refractivity contribution in [2.75, 3.05) is 31.2 Å². The van der Waals surface area contributed by atoms with Crippen molar-refractivity contribution in [3.05, 3.63) is 41.1 Å². The van der Waals surface area contributed by atoms with Crippen molar-refractivity contribution in [1.29, 1.82) is 0 Å². The molecule has 1 aromatic heterocycles. The van der Waals surface area contributed by atoms with Crippen LogP contribution >= 0.6 is 0 Å². The van der Waals surface area contributed by atoms with Gasteiger partial charge in [0.2, 0.25) is 0 Å². The molecule has 0 atom stereocenters. The Hall–Kier alpha value is -2.76. The number of fused-ring (bicyclic) bond motifs is 1. The first kappa shape index (κ1) is 18.6. The second-order valence-corrected chi connectivity index (χ2v) is 7.43. The summed E-state index contributed by atoms with van der Waals surface area (Å²) in [6.07, 6.45) is 2.00. The van der Waals surface area contributed by atoms with Crippen molar-refractivity contribution in [2.24, 2.45) is 0 Å². The summed E-state index contributed by atoms with van der Waals surface area (Å²) in [4.78, 5) is 18.7. The highest BCUT2D eigenvalue weighted by Crippen LogP contribution is 2.34. The average Bonchev–Trinajstić information content (AvgIpc) is 2.70. The predicted octanol–water partition coefficient (Wildman–Crippen LogP) is 3.72. The highest BCUT2D eigenvalue weighted by molar-refractivity contribution is 5.95. The Bertz CT molecular complexity index is 888. The van der Waals surface area contributed by atoms with E-state index < -0.39 is 0 Å². The number of carbonyl (C=O) groups excluding carboxylic acids is 1. The minimum atomic E-state index is 0.0613.